The Morgan fingerprint density at radius 2 is 2.09 bits per heavy atom. The number of carbonyl (C=O) groups excluding carboxylic acids is 1. The molecule has 0 fully saturated rings. The SMILES string of the molecule is CCOC(=O)c1[nH]c2ccc(OC)cc2c1N=C(C)N(C)C. The van der Waals surface area contributed by atoms with E-state index in [9.17, 15) is 4.79 Å². The number of nitrogens with zero attached hydrogens (tertiary/aromatic N) is 2. The van der Waals surface area contributed by atoms with Crippen molar-refractivity contribution in [2.24, 2.45) is 4.99 Å². The monoisotopic (exact) mass is 303 g/mol. The molecule has 2 aromatic rings. The number of carbonyl (C=O) groups is 1. The second-order valence-electron chi connectivity index (χ2n) is 5.03. The summed E-state index contributed by atoms with van der Waals surface area (Å²) in [6.07, 6.45) is 0. The van der Waals surface area contributed by atoms with Gasteiger partial charge >= 0.3 is 5.97 Å². The number of aromatic amines is 1. The molecule has 0 unspecified atom stereocenters. The molecule has 118 valence electrons. The number of hydrogen-bond donors (Lipinski definition) is 1. The molecule has 0 spiro atoms. The fourth-order valence-electron chi connectivity index (χ4n) is 2.01. The van der Waals surface area contributed by atoms with Crippen LogP contribution < -0.4 is 4.74 Å². The summed E-state index contributed by atoms with van der Waals surface area (Å²) in [5.74, 6) is 1.08. The molecular formula is C16H21N3O3. The van der Waals surface area contributed by atoms with Gasteiger partial charge in [-0.2, -0.15) is 0 Å². The molecule has 1 heterocycles. The molecule has 0 aliphatic carbocycles. The molecule has 0 saturated heterocycles. The highest BCUT2D eigenvalue weighted by molar-refractivity contribution is 6.07. The average molecular weight is 303 g/mol. The van der Waals surface area contributed by atoms with Gasteiger partial charge in [0.25, 0.3) is 0 Å². The number of fused-ring (bicyclic) bond motifs is 1. The molecule has 6 nitrogen and oxygen atoms in total. The maximum absolute atomic E-state index is 12.2. The number of methoxy groups -OCH3 is 1. The van der Waals surface area contributed by atoms with Crippen LogP contribution in [-0.4, -0.2) is 49.5 Å². The van der Waals surface area contributed by atoms with Crippen LogP contribution in [0.1, 0.15) is 24.3 Å². The molecule has 0 bridgehead atoms. The minimum absolute atomic E-state index is 0.313. The van der Waals surface area contributed by atoms with E-state index in [2.05, 4.69) is 9.98 Å². The average Bonchev–Trinajstić information content (AvgIpc) is 2.85. The van der Waals surface area contributed by atoms with E-state index in [4.69, 9.17) is 9.47 Å². The Kier molecular flexibility index (Phi) is 4.70. The number of amidine groups is 1. The van der Waals surface area contributed by atoms with E-state index in [-0.39, 0.29) is 0 Å². The summed E-state index contributed by atoms with van der Waals surface area (Å²) in [5, 5.41) is 0.823. The van der Waals surface area contributed by atoms with Crippen molar-refractivity contribution >= 4 is 28.4 Å². The van der Waals surface area contributed by atoms with Gasteiger partial charge < -0.3 is 19.4 Å². The van der Waals surface area contributed by atoms with Crippen LogP contribution in [0.25, 0.3) is 10.9 Å². The van der Waals surface area contributed by atoms with Crippen LogP contribution in [-0.2, 0) is 4.74 Å². The number of rotatable bonds is 4. The van der Waals surface area contributed by atoms with Gasteiger partial charge in [0.1, 0.15) is 17.3 Å². The molecule has 0 saturated carbocycles. The van der Waals surface area contributed by atoms with Crippen molar-refractivity contribution in [2.75, 3.05) is 27.8 Å². The summed E-state index contributed by atoms with van der Waals surface area (Å²) in [6.45, 7) is 3.97. The van der Waals surface area contributed by atoms with E-state index in [0.29, 0.717) is 23.7 Å². The molecule has 1 aromatic carbocycles. The zero-order chi connectivity index (χ0) is 16.3. The van der Waals surface area contributed by atoms with Gasteiger partial charge in [0.15, 0.2) is 5.69 Å². The van der Waals surface area contributed by atoms with Crippen molar-refractivity contribution in [3.8, 4) is 5.75 Å². The van der Waals surface area contributed by atoms with E-state index >= 15 is 0 Å². The van der Waals surface area contributed by atoms with Crippen molar-refractivity contribution in [1.29, 1.82) is 0 Å². The number of H-pyrrole nitrogens is 1. The van der Waals surface area contributed by atoms with Gasteiger partial charge in [-0.15, -0.1) is 0 Å². The lowest BCUT2D eigenvalue weighted by Gasteiger charge is -2.11. The number of aromatic nitrogens is 1. The number of benzene rings is 1. The van der Waals surface area contributed by atoms with Crippen molar-refractivity contribution in [1.82, 2.24) is 9.88 Å². The Bertz CT molecular complexity index is 717. The summed E-state index contributed by atoms with van der Waals surface area (Å²) in [6, 6.07) is 5.55. The second-order valence-corrected chi connectivity index (χ2v) is 5.03. The molecule has 22 heavy (non-hydrogen) atoms. The van der Waals surface area contributed by atoms with Crippen LogP contribution in [0.5, 0.6) is 5.75 Å². The van der Waals surface area contributed by atoms with Crippen LogP contribution in [0, 0.1) is 0 Å². The zero-order valence-corrected chi connectivity index (χ0v) is 13.6. The molecule has 0 atom stereocenters. The molecule has 0 aliphatic heterocycles. The van der Waals surface area contributed by atoms with E-state index in [1.807, 2.05) is 44.1 Å². The Hall–Kier alpha value is -2.50. The number of esters is 1. The zero-order valence-electron chi connectivity index (χ0n) is 13.6. The van der Waals surface area contributed by atoms with Gasteiger partial charge in [0, 0.05) is 25.0 Å². The Labute approximate surface area is 129 Å². The summed E-state index contributed by atoms with van der Waals surface area (Å²) in [5.41, 5.74) is 1.74. The fraction of sp³-hybridized carbons (Fsp3) is 0.375. The summed E-state index contributed by atoms with van der Waals surface area (Å²) >= 11 is 0. The normalized spacial score (nSPS) is 11.6. The molecule has 6 heteroatoms. The minimum Gasteiger partial charge on any atom is -0.497 e. The number of ether oxygens (including phenoxy) is 2. The first-order valence-electron chi connectivity index (χ1n) is 7.07. The first-order chi connectivity index (χ1) is 10.5. The third kappa shape index (κ3) is 3.05. The first-order valence-corrected chi connectivity index (χ1v) is 7.07. The van der Waals surface area contributed by atoms with Gasteiger partial charge in [0.2, 0.25) is 0 Å². The summed E-state index contributed by atoms with van der Waals surface area (Å²) < 4.78 is 10.4. The predicted molar refractivity (Wildman–Crippen MR) is 87.3 cm³/mol. The summed E-state index contributed by atoms with van der Waals surface area (Å²) in [4.78, 5) is 21.7. The Balaban J connectivity index is 2.67. The molecule has 0 aliphatic rings. The smallest absolute Gasteiger partial charge is 0.357 e. The molecule has 1 aromatic heterocycles. The lowest BCUT2D eigenvalue weighted by atomic mass is 10.2. The number of hydrogen-bond acceptors (Lipinski definition) is 4. The van der Waals surface area contributed by atoms with Crippen molar-refractivity contribution in [3.63, 3.8) is 0 Å². The molecule has 1 N–H and O–H groups in total. The van der Waals surface area contributed by atoms with Gasteiger partial charge in [-0.05, 0) is 32.0 Å². The third-order valence-electron chi connectivity index (χ3n) is 3.38. The van der Waals surface area contributed by atoms with Crippen LogP contribution in [0.2, 0.25) is 0 Å². The van der Waals surface area contributed by atoms with Crippen LogP contribution in [0.4, 0.5) is 5.69 Å². The van der Waals surface area contributed by atoms with Crippen LogP contribution in [0.15, 0.2) is 23.2 Å². The highest BCUT2D eigenvalue weighted by Crippen LogP contribution is 2.33. The molecule has 0 amide bonds. The molecule has 2 rings (SSSR count). The first kappa shape index (κ1) is 15.9. The number of nitrogens with one attached hydrogen (secondary N) is 1. The molecule has 0 radical (unpaired) electrons. The predicted octanol–water partition coefficient (Wildman–Crippen LogP) is 2.96. The van der Waals surface area contributed by atoms with Gasteiger partial charge in [-0.1, -0.05) is 0 Å². The van der Waals surface area contributed by atoms with E-state index < -0.39 is 5.97 Å². The van der Waals surface area contributed by atoms with Crippen molar-refractivity contribution in [2.45, 2.75) is 13.8 Å². The lowest BCUT2D eigenvalue weighted by Crippen LogP contribution is -2.18. The van der Waals surface area contributed by atoms with E-state index in [0.717, 1.165) is 16.7 Å². The fourth-order valence-corrected chi connectivity index (χ4v) is 2.01. The Morgan fingerprint density at radius 3 is 2.68 bits per heavy atom. The van der Waals surface area contributed by atoms with Crippen molar-refractivity contribution < 1.29 is 14.3 Å². The molecular weight excluding hydrogens is 282 g/mol. The number of aliphatic imine (C=N–C) groups is 1. The van der Waals surface area contributed by atoms with Gasteiger partial charge in [-0.3, -0.25) is 0 Å². The highest BCUT2D eigenvalue weighted by atomic mass is 16.5. The van der Waals surface area contributed by atoms with Gasteiger partial charge in [-0.25, -0.2) is 9.79 Å². The Morgan fingerprint density at radius 1 is 1.36 bits per heavy atom. The van der Waals surface area contributed by atoms with Gasteiger partial charge in [0.05, 0.1) is 13.7 Å². The summed E-state index contributed by atoms with van der Waals surface area (Å²) in [7, 11) is 5.41. The largest absolute Gasteiger partial charge is 0.497 e. The quantitative estimate of drug-likeness (QED) is 0.536. The maximum atomic E-state index is 12.2. The van der Waals surface area contributed by atoms with E-state index in [1.54, 1.807) is 14.0 Å². The topological polar surface area (TPSA) is 66.9 Å². The highest BCUT2D eigenvalue weighted by Gasteiger charge is 2.19. The lowest BCUT2D eigenvalue weighted by molar-refractivity contribution is 0.0521. The minimum atomic E-state index is -0.414. The van der Waals surface area contributed by atoms with Crippen LogP contribution >= 0.6 is 0 Å². The maximum Gasteiger partial charge on any atom is 0.357 e. The van der Waals surface area contributed by atoms with Crippen LogP contribution in [0.3, 0.4) is 0 Å². The van der Waals surface area contributed by atoms with E-state index in [1.165, 1.54) is 0 Å². The third-order valence-corrected chi connectivity index (χ3v) is 3.38. The standard InChI is InChI=1S/C16H21N3O3/c1-6-22-16(20)15-14(17-10(2)19(3)4)12-9-11(21-5)7-8-13(12)18-15/h7-9,18H,6H2,1-5H3. The van der Waals surface area contributed by atoms with Crippen molar-refractivity contribution in [3.05, 3.63) is 23.9 Å². The second kappa shape index (κ2) is 6.51.